The Labute approximate surface area is 137 Å². The van der Waals surface area contributed by atoms with Crippen LogP contribution in [0.2, 0.25) is 0 Å². The molecule has 0 bridgehead atoms. The summed E-state index contributed by atoms with van der Waals surface area (Å²) in [6, 6.07) is 3.82. The number of rotatable bonds is 8. The molecule has 0 radical (unpaired) electrons. The number of methoxy groups -OCH3 is 1. The monoisotopic (exact) mass is 367 g/mol. The van der Waals surface area contributed by atoms with Crippen LogP contribution in [-0.4, -0.2) is 33.9 Å². The summed E-state index contributed by atoms with van der Waals surface area (Å²) < 4.78 is 13.5. The molecule has 0 unspecified atom stereocenters. The number of hydrogen-bond acceptors (Lipinski definition) is 6. The summed E-state index contributed by atoms with van der Waals surface area (Å²) >= 11 is 3.54. The fraction of sp³-hybridized carbons (Fsp3) is 0.357. The smallest absolute Gasteiger partial charge is 0.243 e. The second-order valence-corrected chi connectivity index (χ2v) is 5.21. The Morgan fingerprint density at radius 2 is 2.23 bits per heavy atom. The van der Waals surface area contributed by atoms with Gasteiger partial charge in [-0.05, 0) is 35.0 Å². The van der Waals surface area contributed by atoms with Crippen molar-refractivity contribution in [1.29, 1.82) is 0 Å². The average Bonchev–Trinajstić information content (AvgIpc) is 2.95. The minimum atomic E-state index is 0.544. The van der Waals surface area contributed by atoms with Crippen LogP contribution in [0.5, 0.6) is 11.5 Å². The zero-order chi connectivity index (χ0) is 15.9. The predicted octanol–water partition coefficient (Wildman–Crippen LogP) is 2.64. The lowest BCUT2D eigenvalue weighted by Crippen LogP contribution is -2.09. The van der Waals surface area contributed by atoms with Gasteiger partial charge in [0.1, 0.15) is 0 Å². The van der Waals surface area contributed by atoms with Crippen molar-refractivity contribution in [3.8, 4) is 11.5 Å². The van der Waals surface area contributed by atoms with Crippen LogP contribution in [0.4, 0.5) is 5.95 Å². The first-order valence-electron chi connectivity index (χ1n) is 6.79. The van der Waals surface area contributed by atoms with Crippen molar-refractivity contribution >= 4 is 21.9 Å². The zero-order valence-electron chi connectivity index (χ0n) is 12.5. The molecule has 1 aromatic carbocycles. The van der Waals surface area contributed by atoms with E-state index >= 15 is 0 Å². The Hall–Kier alpha value is -2.09. The van der Waals surface area contributed by atoms with Crippen LogP contribution >= 0.6 is 15.9 Å². The third-order valence-electron chi connectivity index (χ3n) is 2.90. The molecule has 0 saturated carbocycles. The molecule has 0 aliphatic carbocycles. The van der Waals surface area contributed by atoms with E-state index in [4.69, 9.17) is 9.47 Å². The Morgan fingerprint density at radius 3 is 2.91 bits per heavy atom. The SMILES string of the molecule is C=CCn1nnnc1NCc1cc(OCC)c(OC)cc1Br. The Balaban J connectivity index is 2.16. The number of nitrogens with zero attached hydrogens (tertiary/aromatic N) is 4. The molecular formula is C14H18BrN5O2. The first-order valence-corrected chi connectivity index (χ1v) is 7.59. The van der Waals surface area contributed by atoms with Crippen molar-refractivity contribution in [2.24, 2.45) is 0 Å². The number of halogens is 1. The van der Waals surface area contributed by atoms with Gasteiger partial charge in [0.2, 0.25) is 5.95 Å². The summed E-state index contributed by atoms with van der Waals surface area (Å²) in [5, 5.41) is 14.7. The predicted molar refractivity (Wildman–Crippen MR) is 87.2 cm³/mol. The molecule has 1 aromatic heterocycles. The highest BCUT2D eigenvalue weighted by molar-refractivity contribution is 9.10. The van der Waals surface area contributed by atoms with Crippen molar-refractivity contribution in [2.45, 2.75) is 20.0 Å². The van der Waals surface area contributed by atoms with Gasteiger partial charge in [-0.2, -0.15) is 0 Å². The maximum Gasteiger partial charge on any atom is 0.243 e. The summed E-state index contributed by atoms with van der Waals surface area (Å²) in [5.74, 6) is 1.98. The van der Waals surface area contributed by atoms with Gasteiger partial charge in [-0.25, -0.2) is 4.68 Å². The van der Waals surface area contributed by atoms with E-state index in [0.29, 0.717) is 37.1 Å². The van der Waals surface area contributed by atoms with E-state index in [1.165, 1.54) is 0 Å². The lowest BCUT2D eigenvalue weighted by atomic mass is 10.2. The van der Waals surface area contributed by atoms with Gasteiger partial charge in [0.05, 0.1) is 20.3 Å². The topological polar surface area (TPSA) is 74.1 Å². The van der Waals surface area contributed by atoms with Gasteiger partial charge in [-0.15, -0.1) is 6.58 Å². The van der Waals surface area contributed by atoms with Crippen LogP contribution in [0.25, 0.3) is 0 Å². The minimum Gasteiger partial charge on any atom is -0.493 e. The number of nitrogens with one attached hydrogen (secondary N) is 1. The molecule has 0 atom stereocenters. The molecule has 0 amide bonds. The van der Waals surface area contributed by atoms with Gasteiger partial charge in [0.25, 0.3) is 0 Å². The summed E-state index contributed by atoms with van der Waals surface area (Å²) in [5.41, 5.74) is 1.01. The van der Waals surface area contributed by atoms with Crippen molar-refractivity contribution in [2.75, 3.05) is 19.0 Å². The first-order chi connectivity index (χ1) is 10.7. The van der Waals surface area contributed by atoms with E-state index in [1.807, 2.05) is 19.1 Å². The molecule has 0 spiro atoms. The zero-order valence-corrected chi connectivity index (χ0v) is 14.1. The highest BCUT2D eigenvalue weighted by Crippen LogP contribution is 2.33. The quantitative estimate of drug-likeness (QED) is 0.723. The maximum atomic E-state index is 5.59. The molecule has 2 rings (SSSR count). The molecule has 0 saturated heterocycles. The normalized spacial score (nSPS) is 10.3. The number of hydrogen-bond donors (Lipinski definition) is 1. The van der Waals surface area contributed by atoms with Crippen LogP contribution in [-0.2, 0) is 13.1 Å². The third kappa shape index (κ3) is 3.76. The van der Waals surface area contributed by atoms with Crippen LogP contribution in [0, 0.1) is 0 Å². The minimum absolute atomic E-state index is 0.544. The molecule has 8 heteroatoms. The van der Waals surface area contributed by atoms with Crippen molar-refractivity contribution < 1.29 is 9.47 Å². The lowest BCUT2D eigenvalue weighted by Gasteiger charge is -2.13. The Kier molecular flexibility index (Phi) is 5.76. The average molecular weight is 368 g/mol. The molecule has 22 heavy (non-hydrogen) atoms. The molecule has 0 aliphatic rings. The van der Waals surface area contributed by atoms with E-state index in [2.05, 4.69) is 43.4 Å². The van der Waals surface area contributed by atoms with E-state index in [-0.39, 0.29) is 0 Å². The maximum absolute atomic E-state index is 5.59. The summed E-state index contributed by atoms with van der Waals surface area (Å²) in [7, 11) is 1.62. The van der Waals surface area contributed by atoms with Crippen LogP contribution in [0.3, 0.4) is 0 Å². The fourth-order valence-electron chi connectivity index (χ4n) is 1.89. The van der Waals surface area contributed by atoms with Crippen LogP contribution in [0.1, 0.15) is 12.5 Å². The fourth-order valence-corrected chi connectivity index (χ4v) is 2.35. The second kappa shape index (κ2) is 7.79. The number of ether oxygens (including phenoxy) is 2. The van der Waals surface area contributed by atoms with Gasteiger partial charge < -0.3 is 14.8 Å². The van der Waals surface area contributed by atoms with Gasteiger partial charge in [-0.3, -0.25) is 0 Å². The molecular weight excluding hydrogens is 350 g/mol. The van der Waals surface area contributed by atoms with E-state index in [1.54, 1.807) is 17.9 Å². The summed E-state index contributed by atoms with van der Waals surface area (Å²) in [6.45, 7) is 7.27. The van der Waals surface area contributed by atoms with E-state index in [0.717, 1.165) is 10.0 Å². The number of tetrazole rings is 1. The molecule has 1 N–H and O–H groups in total. The van der Waals surface area contributed by atoms with Crippen molar-refractivity contribution in [3.05, 3.63) is 34.8 Å². The highest BCUT2D eigenvalue weighted by atomic mass is 79.9. The molecule has 118 valence electrons. The van der Waals surface area contributed by atoms with Gasteiger partial charge in [0.15, 0.2) is 11.5 Å². The van der Waals surface area contributed by atoms with Gasteiger partial charge >= 0.3 is 0 Å². The van der Waals surface area contributed by atoms with Crippen LogP contribution < -0.4 is 14.8 Å². The van der Waals surface area contributed by atoms with Crippen LogP contribution in [0.15, 0.2) is 29.3 Å². The first kappa shape index (κ1) is 16.3. The standard InChI is InChI=1S/C14H18BrN5O2/c1-4-6-20-14(17-18-19-20)16-9-10-7-13(22-5-2)12(21-3)8-11(10)15/h4,7-8H,1,5-6,9H2,2-3H3,(H,16,17,19). The molecule has 1 heterocycles. The summed E-state index contributed by atoms with van der Waals surface area (Å²) in [6.07, 6.45) is 1.73. The molecule has 0 fully saturated rings. The number of anilines is 1. The van der Waals surface area contributed by atoms with Crippen molar-refractivity contribution in [1.82, 2.24) is 20.2 Å². The molecule has 7 nitrogen and oxygen atoms in total. The van der Waals surface area contributed by atoms with Gasteiger partial charge in [-0.1, -0.05) is 27.1 Å². The Bertz CT molecular complexity index is 644. The van der Waals surface area contributed by atoms with E-state index in [9.17, 15) is 0 Å². The molecule has 0 aliphatic heterocycles. The summed E-state index contributed by atoms with van der Waals surface area (Å²) in [4.78, 5) is 0. The Morgan fingerprint density at radius 1 is 1.41 bits per heavy atom. The molecule has 2 aromatic rings. The van der Waals surface area contributed by atoms with Crippen molar-refractivity contribution in [3.63, 3.8) is 0 Å². The second-order valence-electron chi connectivity index (χ2n) is 4.35. The largest absolute Gasteiger partial charge is 0.493 e. The van der Waals surface area contributed by atoms with E-state index < -0.39 is 0 Å². The number of benzene rings is 1. The highest BCUT2D eigenvalue weighted by Gasteiger charge is 2.11. The van der Waals surface area contributed by atoms with Gasteiger partial charge in [0, 0.05) is 11.0 Å². The number of allylic oxidation sites excluding steroid dienone is 1. The lowest BCUT2D eigenvalue weighted by molar-refractivity contribution is 0.310. The number of aromatic nitrogens is 4. The third-order valence-corrected chi connectivity index (χ3v) is 3.64.